The Labute approximate surface area is 80.5 Å². The second-order valence-corrected chi connectivity index (χ2v) is 3.62. The molecule has 1 aromatic heterocycles. The molecule has 4 N–H and O–H groups in total. The molecule has 0 radical (unpaired) electrons. The molecule has 0 bridgehead atoms. The summed E-state index contributed by atoms with van der Waals surface area (Å²) in [6.45, 7) is 0.731. The molecule has 13 heavy (non-hydrogen) atoms. The predicted molar refractivity (Wildman–Crippen MR) is 52.9 cm³/mol. The zero-order valence-electron chi connectivity index (χ0n) is 7.36. The molecule has 1 unspecified atom stereocenters. The molecule has 0 aliphatic rings. The monoisotopic (exact) mass is 203 g/mol. The molecule has 74 valence electrons. The molecule has 6 heteroatoms. The van der Waals surface area contributed by atoms with Crippen molar-refractivity contribution in [2.75, 3.05) is 31.3 Å². The molecule has 0 fully saturated rings. The number of nitrogens with two attached hydrogens (primary N) is 1. The number of ether oxygens (including phenoxy) is 1. The number of nitrogen functional groups attached to an aromatic ring is 1. The molecular weight excluding hydrogens is 190 g/mol. The van der Waals surface area contributed by atoms with Gasteiger partial charge >= 0.3 is 0 Å². The highest BCUT2D eigenvalue weighted by atomic mass is 32.1. The van der Waals surface area contributed by atoms with Gasteiger partial charge in [0.25, 0.3) is 0 Å². The van der Waals surface area contributed by atoms with E-state index in [1.54, 1.807) is 13.3 Å². The number of aliphatic hydroxyl groups excluding tert-OH is 1. The smallest absolute Gasteiger partial charge is 0.184 e. The first-order valence-corrected chi connectivity index (χ1v) is 4.66. The highest BCUT2D eigenvalue weighted by Gasteiger charge is 2.04. The lowest BCUT2D eigenvalue weighted by Gasteiger charge is -2.08. The minimum Gasteiger partial charge on any atom is -0.389 e. The number of aliphatic hydroxyl groups is 1. The minimum atomic E-state index is -0.518. The molecule has 5 nitrogen and oxygen atoms in total. The number of anilines is 2. The van der Waals surface area contributed by atoms with Crippen LogP contribution in [-0.4, -0.2) is 36.5 Å². The van der Waals surface area contributed by atoms with Crippen molar-refractivity contribution in [1.82, 2.24) is 4.98 Å². The summed E-state index contributed by atoms with van der Waals surface area (Å²) in [5.41, 5.74) is 5.47. The molecule has 0 aromatic carbocycles. The summed E-state index contributed by atoms with van der Waals surface area (Å²) in [7, 11) is 1.55. The zero-order chi connectivity index (χ0) is 9.68. The predicted octanol–water partition coefficient (Wildman–Crippen LogP) is 0.144. The highest BCUT2D eigenvalue weighted by Crippen LogP contribution is 2.19. The van der Waals surface area contributed by atoms with Crippen molar-refractivity contribution in [3.63, 3.8) is 0 Å². The molecule has 0 aliphatic heterocycles. The third kappa shape index (κ3) is 3.58. The molecule has 0 spiro atoms. The van der Waals surface area contributed by atoms with E-state index in [1.165, 1.54) is 11.3 Å². The fourth-order valence-electron chi connectivity index (χ4n) is 0.825. The third-order valence-electron chi connectivity index (χ3n) is 1.37. The topological polar surface area (TPSA) is 80.4 Å². The van der Waals surface area contributed by atoms with Crippen LogP contribution in [0, 0.1) is 0 Å². The van der Waals surface area contributed by atoms with Crippen LogP contribution in [0.15, 0.2) is 6.20 Å². The summed E-state index contributed by atoms with van der Waals surface area (Å²) in [4.78, 5) is 3.98. The van der Waals surface area contributed by atoms with Gasteiger partial charge < -0.3 is 20.9 Å². The van der Waals surface area contributed by atoms with E-state index in [4.69, 9.17) is 10.5 Å². The molecule has 1 heterocycles. The maximum Gasteiger partial charge on any atom is 0.184 e. The van der Waals surface area contributed by atoms with E-state index in [9.17, 15) is 5.11 Å². The lowest BCUT2D eigenvalue weighted by Crippen LogP contribution is -2.23. The van der Waals surface area contributed by atoms with Gasteiger partial charge in [-0.2, -0.15) is 0 Å². The fourth-order valence-corrected chi connectivity index (χ4v) is 1.41. The second kappa shape index (κ2) is 5.00. The van der Waals surface area contributed by atoms with Gasteiger partial charge in [0.15, 0.2) is 5.13 Å². The van der Waals surface area contributed by atoms with Crippen LogP contribution in [0.1, 0.15) is 0 Å². The minimum absolute atomic E-state index is 0.313. The van der Waals surface area contributed by atoms with Crippen LogP contribution in [0.25, 0.3) is 0 Å². The van der Waals surface area contributed by atoms with Crippen molar-refractivity contribution < 1.29 is 9.84 Å². The summed E-state index contributed by atoms with van der Waals surface area (Å²) in [5.74, 6) is 0. The molecule has 0 saturated carbocycles. The van der Waals surface area contributed by atoms with Gasteiger partial charge in [0.1, 0.15) is 5.00 Å². The summed E-state index contributed by atoms with van der Waals surface area (Å²) in [6, 6.07) is 0. The zero-order valence-corrected chi connectivity index (χ0v) is 8.17. The van der Waals surface area contributed by atoms with Crippen LogP contribution in [0.2, 0.25) is 0 Å². The lowest BCUT2D eigenvalue weighted by molar-refractivity contribution is 0.0727. The van der Waals surface area contributed by atoms with Gasteiger partial charge in [0.05, 0.1) is 18.9 Å². The van der Waals surface area contributed by atoms with Crippen LogP contribution in [0.5, 0.6) is 0 Å². The van der Waals surface area contributed by atoms with Crippen molar-refractivity contribution in [1.29, 1.82) is 0 Å². The van der Waals surface area contributed by atoms with Crippen molar-refractivity contribution >= 4 is 21.5 Å². The second-order valence-electron chi connectivity index (χ2n) is 2.56. The van der Waals surface area contributed by atoms with Crippen LogP contribution >= 0.6 is 11.3 Å². The van der Waals surface area contributed by atoms with Gasteiger partial charge in [-0.25, -0.2) is 4.98 Å². The molecular formula is C7H13N3O2S. The average Bonchev–Trinajstić information content (AvgIpc) is 2.49. The number of aromatic nitrogens is 1. The average molecular weight is 203 g/mol. The SMILES string of the molecule is COCC(O)CNc1ncc(N)s1. The fraction of sp³-hybridized carbons (Fsp3) is 0.571. The Morgan fingerprint density at radius 1 is 1.85 bits per heavy atom. The summed E-state index contributed by atoms with van der Waals surface area (Å²) in [5, 5.41) is 13.6. The molecule has 0 amide bonds. The number of nitrogens with one attached hydrogen (secondary N) is 1. The highest BCUT2D eigenvalue weighted by molar-refractivity contribution is 7.19. The van der Waals surface area contributed by atoms with Crippen LogP contribution in [0.4, 0.5) is 10.1 Å². The van der Waals surface area contributed by atoms with E-state index >= 15 is 0 Å². The van der Waals surface area contributed by atoms with Crippen molar-refractivity contribution in [3.05, 3.63) is 6.20 Å². The largest absolute Gasteiger partial charge is 0.389 e. The van der Waals surface area contributed by atoms with Gasteiger partial charge in [0.2, 0.25) is 0 Å². The molecule has 0 aliphatic carbocycles. The Kier molecular flexibility index (Phi) is 3.94. The number of hydrogen-bond donors (Lipinski definition) is 3. The normalized spacial score (nSPS) is 12.8. The van der Waals surface area contributed by atoms with E-state index in [0.717, 1.165) is 0 Å². The Morgan fingerprint density at radius 3 is 3.15 bits per heavy atom. The van der Waals surface area contributed by atoms with E-state index < -0.39 is 6.10 Å². The maximum absolute atomic E-state index is 9.28. The molecule has 0 saturated heterocycles. The number of thiazole rings is 1. The van der Waals surface area contributed by atoms with Crippen molar-refractivity contribution in [2.45, 2.75) is 6.10 Å². The summed E-state index contributed by atoms with van der Waals surface area (Å²) in [6.07, 6.45) is 1.06. The number of rotatable bonds is 5. The Morgan fingerprint density at radius 2 is 2.62 bits per heavy atom. The van der Waals surface area contributed by atoms with Crippen LogP contribution in [-0.2, 0) is 4.74 Å². The molecule has 1 aromatic rings. The van der Waals surface area contributed by atoms with Gasteiger partial charge in [-0.3, -0.25) is 0 Å². The van der Waals surface area contributed by atoms with Gasteiger partial charge in [-0.1, -0.05) is 11.3 Å². The summed E-state index contributed by atoms with van der Waals surface area (Å²) >= 11 is 1.35. The molecule has 1 rings (SSSR count). The van der Waals surface area contributed by atoms with Gasteiger partial charge in [0, 0.05) is 13.7 Å². The Balaban J connectivity index is 2.26. The van der Waals surface area contributed by atoms with Crippen molar-refractivity contribution in [2.24, 2.45) is 0 Å². The quantitative estimate of drug-likeness (QED) is 0.634. The Hall–Kier alpha value is -0.850. The van der Waals surface area contributed by atoms with E-state index in [2.05, 4.69) is 10.3 Å². The Bertz CT molecular complexity index is 254. The van der Waals surface area contributed by atoms with E-state index in [-0.39, 0.29) is 0 Å². The van der Waals surface area contributed by atoms with Crippen molar-refractivity contribution in [3.8, 4) is 0 Å². The number of nitrogens with zero attached hydrogens (tertiary/aromatic N) is 1. The number of hydrogen-bond acceptors (Lipinski definition) is 6. The standard InChI is InChI=1S/C7H13N3O2S/c1-12-4-5(11)2-9-7-10-3-6(8)13-7/h3,5,11H,2,4,8H2,1H3,(H,9,10). The first-order valence-electron chi connectivity index (χ1n) is 3.84. The van der Waals surface area contributed by atoms with E-state index in [0.29, 0.717) is 23.3 Å². The van der Waals surface area contributed by atoms with Gasteiger partial charge in [-0.15, -0.1) is 0 Å². The third-order valence-corrected chi connectivity index (χ3v) is 2.16. The van der Waals surface area contributed by atoms with Crippen LogP contribution in [0.3, 0.4) is 0 Å². The first-order chi connectivity index (χ1) is 6.22. The van der Waals surface area contributed by atoms with Crippen LogP contribution < -0.4 is 11.1 Å². The first kappa shape index (κ1) is 10.2. The molecule has 1 atom stereocenters. The lowest BCUT2D eigenvalue weighted by atomic mass is 10.4. The van der Waals surface area contributed by atoms with E-state index in [1.807, 2.05) is 0 Å². The maximum atomic E-state index is 9.28. The van der Waals surface area contributed by atoms with Gasteiger partial charge in [-0.05, 0) is 0 Å². The number of methoxy groups -OCH3 is 1. The summed E-state index contributed by atoms with van der Waals surface area (Å²) < 4.78 is 4.77.